The zero-order chi connectivity index (χ0) is 19.5. The highest BCUT2D eigenvalue weighted by atomic mass is 32.2. The van der Waals surface area contributed by atoms with Crippen molar-refractivity contribution in [3.05, 3.63) is 30.0 Å². The van der Waals surface area contributed by atoms with Crippen LogP contribution in [0.5, 0.6) is 0 Å². The lowest BCUT2D eigenvalue weighted by atomic mass is 9.96. The molecule has 0 radical (unpaired) electrons. The van der Waals surface area contributed by atoms with Crippen molar-refractivity contribution in [3.63, 3.8) is 0 Å². The Morgan fingerprint density at radius 3 is 2.35 bits per heavy atom. The number of rotatable bonds is 7. The highest BCUT2D eigenvalue weighted by molar-refractivity contribution is 7.99. The zero-order valence-electron chi connectivity index (χ0n) is 16.1. The van der Waals surface area contributed by atoms with Gasteiger partial charge in [-0.15, -0.1) is 0 Å². The molecule has 0 aromatic carbocycles. The molecule has 0 spiro atoms. The fourth-order valence-electron chi connectivity index (χ4n) is 2.24. The van der Waals surface area contributed by atoms with Crippen LogP contribution in [0.25, 0.3) is 0 Å². The molecule has 0 N–H and O–H groups in total. The van der Waals surface area contributed by atoms with E-state index in [2.05, 4.69) is 15.1 Å². The molecule has 2 aromatic heterocycles. The van der Waals surface area contributed by atoms with Crippen LogP contribution in [-0.4, -0.2) is 40.9 Å². The summed E-state index contributed by atoms with van der Waals surface area (Å²) in [6.45, 7) is 12.5. The predicted molar refractivity (Wildman–Crippen MR) is 102 cm³/mol. The molecule has 0 saturated carbocycles. The largest absolute Gasteiger partial charge is 0.338 e. The molecule has 0 aliphatic heterocycles. The molecule has 0 saturated heterocycles. The van der Waals surface area contributed by atoms with Gasteiger partial charge in [-0.2, -0.15) is 9.29 Å². The van der Waals surface area contributed by atoms with Crippen LogP contribution in [0.3, 0.4) is 0 Å². The molecular formula is C17H26N4O3S2. The third kappa shape index (κ3) is 4.63. The van der Waals surface area contributed by atoms with Gasteiger partial charge in [0.15, 0.2) is 5.82 Å². The second kappa shape index (κ2) is 8.06. The minimum Gasteiger partial charge on any atom is -0.338 e. The number of aromatic nitrogens is 3. The van der Waals surface area contributed by atoms with Crippen LogP contribution in [0.4, 0.5) is 0 Å². The molecule has 0 aliphatic carbocycles. The van der Waals surface area contributed by atoms with Gasteiger partial charge < -0.3 is 4.52 Å². The maximum absolute atomic E-state index is 12.5. The normalized spacial score (nSPS) is 14.0. The average Bonchev–Trinajstić information content (AvgIpc) is 3.06. The molecule has 0 aliphatic rings. The van der Waals surface area contributed by atoms with Crippen LogP contribution in [0.15, 0.2) is 32.8 Å². The first-order valence-electron chi connectivity index (χ1n) is 8.56. The fraction of sp³-hybridized carbons (Fsp3) is 0.588. The lowest BCUT2D eigenvalue weighted by molar-refractivity contribution is 0.364. The van der Waals surface area contributed by atoms with Crippen LogP contribution in [0.2, 0.25) is 0 Å². The van der Waals surface area contributed by atoms with E-state index in [1.807, 2.05) is 41.5 Å². The van der Waals surface area contributed by atoms with Crippen molar-refractivity contribution in [1.82, 2.24) is 19.4 Å². The summed E-state index contributed by atoms with van der Waals surface area (Å²) in [5, 5.41) is 4.64. The van der Waals surface area contributed by atoms with E-state index >= 15 is 0 Å². The molecule has 0 amide bonds. The minimum absolute atomic E-state index is 0.0867. The van der Waals surface area contributed by atoms with Crippen LogP contribution >= 0.6 is 11.8 Å². The van der Waals surface area contributed by atoms with Crippen molar-refractivity contribution in [2.24, 2.45) is 0 Å². The Hall–Kier alpha value is -1.45. The zero-order valence-corrected chi connectivity index (χ0v) is 17.7. The van der Waals surface area contributed by atoms with Gasteiger partial charge in [-0.3, -0.25) is 0 Å². The highest BCUT2D eigenvalue weighted by Gasteiger charge is 2.25. The molecular weight excluding hydrogens is 372 g/mol. The molecule has 0 fully saturated rings. The lowest BCUT2D eigenvalue weighted by Crippen LogP contribution is -2.30. The fourth-order valence-corrected chi connectivity index (χ4v) is 4.46. The quantitative estimate of drug-likeness (QED) is 0.658. The number of hydrogen-bond acceptors (Lipinski definition) is 7. The van der Waals surface area contributed by atoms with Crippen molar-refractivity contribution in [2.45, 2.75) is 62.1 Å². The van der Waals surface area contributed by atoms with Crippen molar-refractivity contribution in [1.29, 1.82) is 0 Å². The van der Waals surface area contributed by atoms with Gasteiger partial charge in [0, 0.05) is 24.7 Å². The van der Waals surface area contributed by atoms with E-state index in [-0.39, 0.29) is 15.6 Å². The van der Waals surface area contributed by atoms with E-state index in [9.17, 15) is 8.42 Å². The molecule has 0 bridgehead atoms. The van der Waals surface area contributed by atoms with E-state index in [1.54, 1.807) is 12.1 Å². The third-order valence-electron chi connectivity index (χ3n) is 3.81. The van der Waals surface area contributed by atoms with Gasteiger partial charge >= 0.3 is 0 Å². The molecule has 1 atom stereocenters. The molecule has 9 heteroatoms. The van der Waals surface area contributed by atoms with Crippen LogP contribution < -0.4 is 0 Å². The van der Waals surface area contributed by atoms with E-state index in [1.165, 1.54) is 22.3 Å². The summed E-state index contributed by atoms with van der Waals surface area (Å²) in [5.74, 6) is 1.19. The topological polar surface area (TPSA) is 89.2 Å². The number of nitrogens with zero attached hydrogens (tertiary/aromatic N) is 4. The average molecular weight is 399 g/mol. The number of sulfonamides is 1. The summed E-state index contributed by atoms with van der Waals surface area (Å²) in [6.07, 6.45) is 1.40. The van der Waals surface area contributed by atoms with Crippen LogP contribution in [0, 0.1) is 0 Å². The van der Waals surface area contributed by atoms with Gasteiger partial charge in [0.25, 0.3) is 0 Å². The van der Waals surface area contributed by atoms with E-state index in [4.69, 9.17) is 4.52 Å². The Labute approximate surface area is 159 Å². The first kappa shape index (κ1) is 20.9. The second-order valence-corrected chi connectivity index (χ2v) is 10.2. The smallest absolute Gasteiger partial charge is 0.244 e. The molecule has 7 nitrogen and oxygen atoms in total. The van der Waals surface area contributed by atoms with Gasteiger partial charge in [-0.1, -0.05) is 51.5 Å². The van der Waals surface area contributed by atoms with Gasteiger partial charge in [0.1, 0.15) is 4.90 Å². The second-order valence-electron chi connectivity index (χ2n) is 6.89. The lowest BCUT2D eigenvalue weighted by Gasteiger charge is -2.18. The molecule has 144 valence electrons. The first-order chi connectivity index (χ1) is 12.1. The van der Waals surface area contributed by atoms with Crippen molar-refractivity contribution < 1.29 is 12.9 Å². The van der Waals surface area contributed by atoms with E-state index < -0.39 is 10.0 Å². The van der Waals surface area contributed by atoms with Gasteiger partial charge in [-0.05, 0) is 19.1 Å². The molecule has 2 rings (SSSR count). The monoisotopic (exact) mass is 398 g/mol. The Morgan fingerprint density at radius 2 is 1.88 bits per heavy atom. The summed E-state index contributed by atoms with van der Waals surface area (Å²) in [4.78, 5) is 8.94. The number of hydrogen-bond donors (Lipinski definition) is 0. The standard InChI is InChI=1S/C17H26N4O3S2/c1-7-21(8-2)26(22,23)13-9-10-14(18-11-13)25-12(3)15-19-16(20-24-15)17(4,5)6/h9-12H,7-8H2,1-6H3. The molecule has 2 aromatic rings. The summed E-state index contributed by atoms with van der Waals surface area (Å²) in [5.41, 5.74) is -0.176. The van der Waals surface area contributed by atoms with E-state index in [0.29, 0.717) is 29.8 Å². The summed E-state index contributed by atoms with van der Waals surface area (Å²) in [7, 11) is -3.49. The van der Waals surface area contributed by atoms with Crippen molar-refractivity contribution in [2.75, 3.05) is 13.1 Å². The van der Waals surface area contributed by atoms with Crippen molar-refractivity contribution in [3.8, 4) is 0 Å². The number of pyridine rings is 1. The number of thioether (sulfide) groups is 1. The highest BCUT2D eigenvalue weighted by Crippen LogP contribution is 2.34. The maximum atomic E-state index is 12.5. The van der Waals surface area contributed by atoms with E-state index in [0.717, 1.165) is 0 Å². The molecule has 1 unspecified atom stereocenters. The maximum Gasteiger partial charge on any atom is 0.244 e. The Morgan fingerprint density at radius 1 is 1.23 bits per heavy atom. The SMILES string of the molecule is CCN(CC)S(=O)(=O)c1ccc(SC(C)c2nc(C(C)(C)C)no2)nc1. The summed E-state index contributed by atoms with van der Waals surface area (Å²) >= 11 is 1.44. The molecule has 2 heterocycles. The Balaban J connectivity index is 2.13. The van der Waals surface area contributed by atoms with Gasteiger partial charge in [0.05, 0.1) is 10.3 Å². The van der Waals surface area contributed by atoms with Crippen LogP contribution in [-0.2, 0) is 15.4 Å². The Bertz CT molecular complexity index is 822. The van der Waals surface area contributed by atoms with Crippen molar-refractivity contribution >= 4 is 21.8 Å². The van der Waals surface area contributed by atoms with Crippen LogP contribution in [0.1, 0.15) is 58.5 Å². The Kier molecular flexibility index (Phi) is 6.46. The minimum atomic E-state index is -3.49. The van der Waals surface area contributed by atoms with Gasteiger partial charge in [-0.25, -0.2) is 13.4 Å². The third-order valence-corrected chi connectivity index (χ3v) is 6.88. The summed E-state index contributed by atoms with van der Waals surface area (Å²) in [6, 6.07) is 3.29. The van der Waals surface area contributed by atoms with Gasteiger partial charge in [0.2, 0.25) is 15.9 Å². The first-order valence-corrected chi connectivity index (χ1v) is 10.9. The molecule has 26 heavy (non-hydrogen) atoms. The predicted octanol–water partition coefficient (Wildman–Crippen LogP) is 3.65. The summed E-state index contributed by atoms with van der Waals surface area (Å²) < 4.78 is 31.7.